The van der Waals surface area contributed by atoms with Gasteiger partial charge in [-0.25, -0.2) is 0 Å². The van der Waals surface area contributed by atoms with Crippen LogP contribution in [0.3, 0.4) is 0 Å². The van der Waals surface area contributed by atoms with Gasteiger partial charge < -0.3 is 14.7 Å². The molecule has 1 aromatic heterocycles. The molecular formula is C15H21N3O2. The number of hydrogen-bond donors (Lipinski definition) is 1. The zero-order valence-electron chi connectivity index (χ0n) is 11.8. The minimum atomic E-state index is 0.00644. The van der Waals surface area contributed by atoms with Crippen LogP contribution in [0.4, 0.5) is 0 Å². The van der Waals surface area contributed by atoms with Gasteiger partial charge in [-0.1, -0.05) is 5.16 Å². The maximum atomic E-state index is 12.5. The summed E-state index contributed by atoms with van der Waals surface area (Å²) in [6.07, 6.45) is 6.95. The number of fused-ring (bicyclic) bond motifs is 2. The van der Waals surface area contributed by atoms with E-state index in [0.717, 1.165) is 31.4 Å². The van der Waals surface area contributed by atoms with E-state index in [-0.39, 0.29) is 5.91 Å². The standard InChI is InChI=1S/C15H21N3O2/c1-18(12-6-10-4-5-11(7-12)16-10)15(19)13-8-14(20-17-13)9-2-3-9/h8-12,16H,2-7H2,1H3. The predicted octanol–water partition coefficient (Wildman–Crippen LogP) is 1.91. The monoisotopic (exact) mass is 275 g/mol. The van der Waals surface area contributed by atoms with Gasteiger partial charge in [-0.3, -0.25) is 4.79 Å². The van der Waals surface area contributed by atoms with Crippen LogP contribution in [0, 0.1) is 0 Å². The summed E-state index contributed by atoms with van der Waals surface area (Å²) in [5, 5.41) is 7.57. The second kappa shape index (κ2) is 4.58. The fourth-order valence-electron chi connectivity index (χ4n) is 3.64. The van der Waals surface area contributed by atoms with Crippen molar-refractivity contribution < 1.29 is 9.32 Å². The molecule has 2 atom stereocenters. The van der Waals surface area contributed by atoms with E-state index in [2.05, 4.69) is 10.5 Å². The molecular weight excluding hydrogens is 254 g/mol. The summed E-state index contributed by atoms with van der Waals surface area (Å²) >= 11 is 0. The molecule has 3 fully saturated rings. The van der Waals surface area contributed by atoms with Gasteiger partial charge in [-0.05, 0) is 38.5 Å². The number of hydrogen-bond acceptors (Lipinski definition) is 4. The van der Waals surface area contributed by atoms with Gasteiger partial charge in [0, 0.05) is 37.2 Å². The van der Waals surface area contributed by atoms with E-state index in [9.17, 15) is 4.79 Å². The number of amides is 1. The number of nitrogens with one attached hydrogen (secondary N) is 1. The first-order valence-electron chi connectivity index (χ1n) is 7.70. The Balaban J connectivity index is 1.46. The lowest BCUT2D eigenvalue weighted by atomic mass is 9.98. The summed E-state index contributed by atoms with van der Waals surface area (Å²) in [6, 6.07) is 3.36. The Labute approximate surface area is 118 Å². The lowest BCUT2D eigenvalue weighted by Gasteiger charge is -2.35. The van der Waals surface area contributed by atoms with Crippen molar-refractivity contribution in [1.82, 2.24) is 15.4 Å². The van der Waals surface area contributed by atoms with Crippen LogP contribution in [0.2, 0.25) is 0 Å². The van der Waals surface area contributed by atoms with Crippen LogP contribution < -0.4 is 5.32 Å². The van der Waals surface area contributed by atoms with Crippen LogP contribution in [0.15, 0.2) is 10.6 Å². The number of piperidine rings is 1. The normalized spacial score (nSPS) is 32.4. The van der Waals surface area contributed by atoms with Crippen LogP contribution >= 0.6 is 0 Å². The number of nitrogens with zero attached hydrogens (tertiary/aromatic N) is 2. The van der Waals surface area contributed by atoms with E-state index in [0.29, 0.717) is 29.7 Å². The Kier molecular flexibility index (Phi) is 2.84. The lowest BCUT2D eigenvalue weighted by molar-refractivity contribution is 0.0671. The highest BCUT2D eigenvalue weighted by Gasteiger charge is 2.37. The molecule has 2 unspecified atom stereocenters. The van der Waals surface area contributed by atoms with Crippen LogP contribution in [-0.2, 0) is 0 Å². The van der Waals surface area contributed by atoms with E-state index >= 15 is 0 Å². The molecule has 2 aliphatic heterocycles. The van der Waals surface area contributed by atoms with E-state index in [1.165, 1.54) is 12.8 Å². The van der Waals surface area contributed by atoms with Crippen LogP contribution in [0.5, 0.6) is 0 Å². The smallest absolute Gasteiger partial charge is 0.276 e. The first kappa shape index (κ1) is 12.4. The molecule has 0 aromatic carbocycles. The summed E-state index contributed by atoms with van der Waals surface area (Å²) in [4.78, 5) is 14.4. The lowest BCUT2D eigenvalue weighted by Crippen LogP contribution is -2.48. The molecule has 3 aliphatic rings. The Morgan fingerprint density at radius 1 is 1.30 bits per heavy atom. The van der Waals surface area contributed by atoms with Gasteiger partial charge in [0.25, 0.3) is 5.91 Å². The van der Waals surface area contributed by atoms with Crippen LogP contribution in [0.1, 0.15) is 60.7 Å². The number of aromatic nitrogens is 1. The van der Waals surface area contributed by atoms with Gasteiger partial charge in [0.1, 0.15) is 5.76 Å². The molecule has 1 aromatic rings. The van der Waals surface area contributed by atoms with Crippen molar-refractivity contribution in [2.24, 2.45) is 0 Å². The van der Waals surface area contributed by atoms with Crippen molar-refractivity contribution in [3.05, 3.63) is 17.5 Å². The predicted molar refractivity (Wildman–Crippen MR) is 73.5 cm³/mol. The van der Waals surface area contributed by atoms with Crippen molar-refractivity contribution >= 4 is 5.91 Å². The van der Waals surface area contributed by atoms with E-state index in [4.69, 9.17) is 4.52 Å². The van der Waals surface area contributed by atoms with Gasteiger partial charge in [0.15, 0.2) is 5.69 Å². The van der Waals surface area contributed by atoms with Gasteiger partial charge in [0.05, 0.1) is 0 Å². The zero-order valence-corrected chi connectivity index (χ0v) is 11.8. The minimum Gasteiger partial charge on any atom is -0.360 e. The average Bonchev–Trinajstić information content (AvgIpc) is 3.11. The molecule has 2 bridgehead atoms. The van der Waals surface area contributed by atoms with Gasteiger partial charge in [-0.2, -0.15) is 0 Å². The third-order valence-corrected chi connectivity index (χ3v) is 5.04. The van der Waals surface area contributed by atoms with Crippen molar-refractivity contribution in [2.75, 3.05) is 7.05 Å². The molecule has 1 saturated carbocycles. The average molecular weight is 275 g/mol. The van der Waals surface area contributed by atoms with E-state index in [1.807, 2.05) is 18.0 Å². The Morgan fingerprint density at radius 3 is 2.65 bits per heavy atom. The van der Waals surface area contributed by atoms with E-state index < -0.39 is 0 Å². The number of carbonyl (C=O) groups excluding carboxylic acids is 1. The van der Waals surface area contributed by atoms with Crippen molar-refractivity contribution in [2.45, 2.75) is 62.6 Å². The van der Waals surface area contributed by atoms with E-state index in [1.54, 1.807) is 0 Å². The molecule has 5 nitrogen and oxygen atoms in total. The molecule has 0 radical (unpaired) electrons. The second-order valence-corrected chi connectivity index (χ2v) is 6.57. The Bertz CT molecular complexity index is 511. The largest absolute Gasteiger partial charge is 0.360 e. The highest BCUT2D eigenvalue weighted by molar-refractivity contribution is 5.92. The summed E-state index contributed by atoms with van der Waals surface area (Å²) in [5.74, 6) is 1.39. The van der Waals surface area contributed by atoms with Crippen LogP contribution in [0.25, 0.3) is 0 Å². The molecule has 1 aliphatic carbocycles. The topological polar surface area (TPSA) is 58.4 Å². The SMILES string of the molecule is CN(C(=O)c1cc(C2CC2)on1)C1CC2CCC(C1)N2. The zero-order chi connectivity index (χ0) is 13.7. The first-order valence-corrected chi connectivity index (χ1v) is 7.70. The molecule has 20 heavy (non-hydrogen) atoms. The molecule has 108 valence electrons. The fourth-order valence-corrected chi connectivity index (χ4v) is 3.64. The molecule has 2 saturated heterocycles. The first-order chi connectivity index (χ1) is 9.70. The minimum absolute atomic E-state index is 0.00644. The van der Waals surface area contributed by atoms with Crippen molar-refractivity contribution in [3.8, 4) is 0 Å². The highest BCUT2D eigenvalue weighted by atomic mass is 16.5. The molecule has 5 heteroatoms. The number of carbonyl (C=O) groups is 1. The van der Waals surface area contributed by atoms with Crippen molar-refractivity contribution in [3.63, 3.8) is 0 Å². The molecule has 1 N–H and O–H groups in total. The summed E-state index contributed by atoms with van der Waals surface area (Å²) in [6.45, 7) is 0. The van der Waals surface area contributed by atoms with Gasteiger partial charge in [0.2, 0.25) is 0 Å². The Morgan fingerprint density at radius 2 is 2.00 bits per heavy atom. The Hall–Kier alpha value is -1.36. The fraction of sp³-hybridized carbons (Fsp3) is 0.733. The van der Waals surface area contributed by atoms with Crippen molar-refractivity contribution in [1.29, 1.82) is 0 Å². The van der Waals surface area contributed by atoms with Gasteiger partial charge >= 0.3 is 0 Å². The summed E-state index contributed by atoms with van der Waals surface area (Å²) in [7, 11) is 1.91. The molecule has 4 rings (SSSR count). The summed E-state index contributed by atoms with van der Waals surface area (Å²) < 4.78 is 5.29. The second-order valence-electron chi connectivity index (χ2n) is 6.57. The maximum Gasteiger partial charge on any atom is 0.276 e. The maximum absolute atomic E-state index is 12.5. The third kappa shape index (κ3) is 2.14. The number of rotatable bonds is 3. The third-order valence-electron chi connectivity index (χ3n) is 5.04. The highest BCUT2D eigenvalue weighted by Crippen LogP contribution is 2.40. The molecule has 0 spiro atoms. The quantitative estimate of drug-likeness (QED) is 0.915. The molecule has 3 heterocycles. The molecule has 1 amide bonds. The van der Waals surface area contributed by atoms with Gasteiger partial charge in [-0.15, -0.1) is 0 Å². The van der Waals surface area contributed by atoms with Crippen LogP contribution in [-0.4, -0.2) is 41.1 Å². The summed E-state index contributed by atoms with van der Waals surface area (Å²) in [5.41, 5.74) is 0.472.